The number of carbonyl (C=O) groups excluding carboxylic acids is 2. The minimum atomic E-state index is -1.03. The van der Waals surface area contributed by atoms with Crippen LogP contribution in [0.3, 0.4) is 0 Å². The summed E-state index contributed by atoms with van der Waals surface area (Å²) in [5, 5.41) is 11.7. The lowest BCUT2D eigenvalue weighted by molar-refractivity contribution is -0.155. The van der Waals surface area contributed by atoms with Gasteiger partial charge in [0, 0.05) is 14.3 Å². The molecule has 0 unspecified atom stereocenters. The van der Waals surface area contributed by atoms with E-state index in [0.29, 0.717) is 13.0 Å². The number of hydroxylamine groups is 1. The Morgan fingerprint density at radius 1 is 1.28 bits per heavy atom. The van der Waals surface area contributed by atoms with Gasteiger partial charge in [-0.25, -0.2) is 5.48 Å². The van der Waals surface area contributed by atoms with Crippen molar-refractivity contribution in [2.45, 2.75) is 70.5 Å². The highest BCUT2D eigenvalue weighted by molar-refractivity contribution is 5.80. The van der Waals surface area contributed by atoms with Crippen LogP contribution in [0.1, 0.15) is 58.4 Å². The molecule has 6 heteroatoms. The third kappa shape index (κ3) is 6.14. The van der Waals surface area contributed by atoms with Crippen molar-refractivity contribution in [1.29, 1.82) is 0 Å². The number of ether oxygens (including phenoxy) is 1. The van der Waals surface area contributed by atoms with Crippen LogP contribution in [0, 0.1) is 0 Å². The molecule has 6 nitrogen and oxygen atoms in total. The zero-order chi connectivity index (χ0) is 19.0. The largest absolute Gasteiger partial charge is 0.461 e. The van der Waals surface area contributed by atoms with E-state index in [4.69, 9.17) is 11.3 Å². The molecule has 1 aromatic carbocycles. The van der Waals surface area contributed by atoms with E-state index in [2.05, 4.69) is 5.32 Å². The van der Waals surface area contributed by atoms with Crippen LogP contribution in [0.5, 0.6) is 0 Å². The minimum absolute atomic E-state index is 0.00872. The predicted molar refractivity (Wildman–Crippen MR) is 94.0 cm³/mol. The van der Waals surface area contributed by atoms with Gasteiger partial charge in [0.05, 0.1) is 0 Å². The lowest BCUT2D eigenvalue weighted by Gasteiger charge is -2.26. The molecule has 0 radical (unpaired) electrons. The quantitative estimate of drug-likeness (QED) is 0.381. The Morgan fingerprint density at radius 2 is 1.92 bits per heavy atom. The number of esters is 1. The lowest BCUT2D eigenvalue weighted by Crippen LogP contribution is -2.48. The fourth-order valence-corrected chi connectivity index (χ4v) is 2.79. The van der Waals surface area contributed by atoms with Gasteiger partial charge in [-0.15, -0.1) is 0 Å². The second-order valence-corrected chi connectivity index (χ2v) is 6.85. The summed E-state index contributed by atoms with van der Waals surface area (Å²) in [6, 6.07) is 7.67. The van der Waals surface area contributed by atoms with Crippen molar-refractivity contribution in [3.8, 4) is 0 Å². The van der Waals surface area contributed by atoms with Crippen LogP contribution in [-0.2, 0) is 27.3 Å². The van der Waals surface area contributed by atoms with Gasteiger partial charge in [0.1, 0.15) is 11.6 Å². The van der Waals surface area contributed by atoms with Gasteiger partial charge in [-0.1, -0.05) is 24.3 Å². The van der Waals surface area contributed by atoms with E-state index in [-0.39, 0.29) is 25.4 Å². The number of hydrogen-bond acceptors (Lipinski definition) is 5. The maximum atomic E-state index is 12.4. The van der Waals surface area contributed by atoms with Crippen molar-refractivity contribution >= 4 is 11.9 Å². The molecule has 0 aliphatic heterocycles. The molecular weight excluding hydrogens is 320 g/mol. The molecule has 25 heavy (non-hydrogen) atoms. The molecule has 138 valence electrons. The molecule has 0 saturated heterocycles. The van der Waals surface area contributed by atoms with Gasteiger partial charge in [0.15, 0.2) is 0 Å². The van der Waals surface area contributed by atoms with Crippen molar-refractivity contribution in [2.24, 2.45) is 0 Å². The zero-order valence-corrected chi connectivity index (χ0v) is 14.7. The Balaban J connectivity index is 1.86. The highest BCUT2D eigenvalue weighted by atomic mass is 16.5. The number of aryl methyl sites for hydroxylation is 1. The maximum Gasteiger partial charge on any atom is 0.326 e. The number of rotatable bonds is 8. The molecule has 1 fully saturated rings. The summed E-state index contributed by atoms with van der Waals surface area (Å²) >= 11 is 0. The summed E-state index contributed by atoms with van der Waals surface area (Å²) in [6.45, 7) is 2.07. The molecule has 0 bridgehead atoms. The normalized spacial score (nSPS) is 17.6. The molecular formula is C19H28N2O4. The standard InChI is InChI=1S/C19H28N2O4/c1-19(2,18(23)25-16-5-3-4-6-16)20-13-15-9-7-14(8-10-15)11-12-17(22)21-24/h7-10,16,20,24H,3-6,11-13H2,1-2H3,(H,21,22)/i1D/t19-/m0/s1. The molecule has 1 aromatic rings. The molecule has 1 atom stereocenters. The second kappa shape index (κ2) is 8.97. The first kappa shape index (κ1) is 17.9. The van der Waals surface area contributed by atoms with E-state index in [1.54, 1.807) is 12.4 Å². The third-order valence-corrected chi connectivity index (χ3v) is 4.50. The number of hydrogen-bond donors (Lipinski definition) is 3. The van der Waals surface area contributed by atoms with Crippen LogP contribution in [0.4, 0.5) is 0 Å². The number of nitrogens with one attached hydrogen (secondary N) is 2. The van der Waals surface area contributed by atoms with Crippen molar-refractivity contribution in [1.82, 2.24) is 10.8 Å². The maximum absolute atomic E-state index is 12.4. The highest BCUT2D eigenvalue weighted by Gasteiger charge is 2.31. The summed E-state index contributed by atoms with van der Waals surface area (Å²) in [7, 11) is 0. The van der Waals surface area contributed by atoms with Gasteiger partial charge >= 0.3 is 5.97 Å². The molecule has 0 aromatic heterocycles. The summed E-state index contributed by atoms with van der Waals surface area (Å²) < 4.78 is 13.3. The van der Waals surface area contributed by atoms with Crippen LogP contribution < -0.4 is 10.8 Å². The van der Waals surface area contributed by atoms with E-state index in [1.165, 1.54) is 0 Å². The summed E-state index contributed by atoms with van der Waals surface area (Å²) in [6.07, 6.45) is 4.76. The topological polar surface area (TPSA) is 87.7 Å². The van der Waals surface area contributed by atoms with Crippen LogP contribution in [0.2, 0.25) is 0 Å². The lowest BCUT2D eigenvalue weighted by atomic mass is 10.0. The average molecular weight is 349 g/mol. The van der Waals surface area contributed by atoms with Crippen LogP contribution >= 0.6 is 0 Å². The molecule has 1 saturated carbocycles. The molecule has 1 aliphatic carbocycles. The minimum Gasteiger partial charge on any atom is -0.461 e. The molecule has 1 amide bonds. The van der Waals surface area contributed by atoms with Gasteiger partial charge in [-0.05, 0) is 57.1 Å². The van der Waals surface area contributed by atoms with Gasteiger partial charge in [0.2, 0.25) is 5.91 Å². The van der Waals surface area contributed by atoms with Crippen LogP contribution in [-0.4, -0.2) is 28.7 Å². The number of amides is 1. The molecule has 2 rings (SSSR count). The Kier molecular flexibility index (Phi) is 6.42. The van der Waals surface area contributed by atoms with E-state index >= 15 is 0 Å². The summed E-state index contributed by atoms with van der Waals surface area (Å²) in [4.78, 5) is 23.5. The fraction of sp³-hybridized carbons (Fsp3) is 0.579. The van der Waals surface area contributed by atoms with Gasteiger partial charge in [-0.2, -0.15) is 0 Å². The van der Waals surface area contributed by atoms with Gasteiger partial charge < -0.3 is 4.74 Å². The molecule has 0 heterocycles. The van der Waals surface area contributed by atoms with Crippen LogP contribution in [0.15, 0.2) is 24.3 Å². The van der Waals surface area contributed by atoms with Gasteiger partial charge in [0.25, 0.3) is 0 Å². The third-order valence-electron chi connectivity index (χ3n) is 4.50. The second-order valence-electron chi connectivity index (χ2n) is 6.85. The highest BCUT2D eigenvalue weighted by Crippen LogP contribution is 2.22. The Morgan fingerprint density at radius 3 is 2.52 bits per heavy atom. The molecule has 1 aliphatic rings. The summed E-state index contributed by atoms with van der Waals surface area (Å²) in [5.74, 6) is -0.770. The Labute approximate surface area is 150 Å². The first-order valence-electron chi connectivity index (χ1n) is 9.43. The molecule has 3 N–H and O–H groups in total. The SMILES string of the molecule is [2H]C[C@@](C)(NCc1ccc(CCC(=O)NO)cc1)C(=O)OC1CCCC1. The van der Waals surface area contributed by atoms with Gasteiger partial charge in [-0.3, -0.25) is 20.1 Å². The van der Waals surface area contributed by atoms with Crippen molar-refractivity contribution in [3.05, 3.63) is 35.4 Å². The monoisotopic (exact) mass is 349 g/mol. The van der Waals surface area contributed by atoms with E-state index < -0.39 is 11.4 Å². The Bertz CT molecular complexity index is 602. The van der Waals surface area contributed by atoms with Crippen molar-refractivity contribution in [2.75, 3.05) is 0 Å². The number of benzene rings is 1. The Hall–Kier alpha value is -1.92. The number of carbonyl (C=O) groups is 2. The predicted octanol–water partition coefficient (Wildman–Crippen LogP) is 2.48. The first-order valence-corrected chi connectivity index (χ1v) is 8.73. The average Bonchev–Trinajstić information content (AvgIpc) is 3.17. The fourth-order valence-electron chi connectivity index (χ4n) is 2.79. The van der Waals surface area contributed by atoms with E-state index in [9.17, 15) is 9.59 Å². The van der Waals surface area contributed by atoms with E-state index in [1.807, 2.05) is 24.3 Å². The molecule has 0 spiro atoms. The van der Waals surface area contributed by atoms with E-state index in [0.717, 1.165) is 36.8 Å². The summed E-state index contributed by atoms with van der Waals surface area (Å²) in [5.41, 5.74) is 2.56. The first-order chi connectivity index (χ1) is 12.5. The van der Waals surface area contributed by atoms with Crippen LogP contribution in [0.25, 0.3) is 0 Å². The smallest absolute Gasteiger partial charge is 0.326 e. The van der Waals surface area contributed by atoms with Crippen molar-refractivity contribution in [3.63, 3.8) is 0 Å². The van der Waals surface area contributed by atoms with Crippen molar-refractivity contribution < 1.29 is 20.9 Å². The zero-order valence-electron chi connectivity index (χ0n) is 15.7.